The maximum atomic E-state index is 12.2. The molecule has 0 fully saturated rings. The van der Waals surface area contributed by atoms with E-state index in [4.69, 9.17) is 21.6 Å². The number of ether oxygens (including phenoxy) is 1. The number of halogens is 1. The Kier molecular flexibility index (Phi) is 4.60. The Morgan fingerprint density at radius 1 is 0.917 bits per heavy atom. The number of hydrogen-bond donors (Lipinski definition) is 0. The monoisotopic (exact) mass is 333 g/mol. The molecule has 0 N–H and O–H groups in total. The lowest BCUT2D eigenvalue weighted by Crippen LogP contribution is -2.08. The summed E-state index contributed by atoms with van der Waals surface area (Å²) < 4.78 is 5.29. The van der Waals surface area contributed by atoms with Gasteiger partial charge in [0.1, 0.15) is 11.8 Å². The molecule has 3 rings (SSSR count). The molecule has 3 aromatic rings. The third-order valence-electron chi connectivity index (χ3n) is 3.50. The molecule has 24 heavy (non-hydrogen) atoms. The van der Waals surface area contributed by atoms with Crippen LogP contribution in [0.2, 0.25) is 5.02 Å². The normalized spacial score (nSPS) is 10.0. The number of nitriles is 1. The fourth-order valence-electron chi connectivity index (χ4n) is 2.25. The van der Waals surface area contributed by atoms with Crippen molar-refractivity contribution in [2.45, 2.75) is 0 Å². The minimum Gasteiger partial charge on any atom is -0.423 e. The molecule has 3 aromatic carbocycles. The van der Waals surface area contributed by atoms with Crippen molar-refractivity contribution in [3.05, 3.63) is 88.9 Å². The van der Waals surface area contributed by atoms with Crippen molar-refractivity contribution in [1.29, 1.82) is 5.26 Å². The average Bonchev–Trinajstić information content (AvgIpc) is 2.63. The number of hydrogen-bond acceptors (Lipinski definition) is 3. The Morgan fingerprint density at radius 3 is 2.21 bits per heavy atom. The van der Waals surface area contributed by atoms with Crippen LogP contribution in [0.3, 0.4) is 0 Å². The molecule has 0 aliphatic heterocycles. The number of esters is 1. The van der Waals surface area contributed by atoms with Crippen LogP contribution in [0.25, 0.3) is 11.1 Å². The maximum Gasteiger partial charge on any atom is 0.343 e. The second-order valence-corrected chi connectivity index (χ2v) is 5.49. The molecule has 0 aliphatic carbocycles. The van der Waals surface area contributed by atoms with Gasteiger partial charge in [0, 0.05) is 6.07 Å². The number of benzene rings is 3. The highest BCUT2D eigenvalue weighted by Crippen LogP contribution is 2.23. The molecular weight excluding hydrogens is 322 g/mol. The van der Waals surface area contributed by atoms with Crippen molar-refractivity contribution in [1.82, 2.24) is 0 Å². The average molecular weight is 334 g/mol. The summed E-state index contributed by atoms with van der Waals surface area (Å²) in [4.78, 5) is 12.2. The van der Waals surface area contributed by atoms with Crippen molar-refractivity contribution in [3.8, 4) is 22.9 Å². The molecule has 0 unspecified atom stereocenters. The van der Waals surface area contributed by atoms with Crippen LogP contribution in [0, 0.1) is 11.3 Å². The van der Waals surface area contributed by atoms with Crippen molar-refractivity contribution in [3.63, 3.8) is 0 Å². The molecule has 0 heterocycles. The molecule has 0 saturated heterocycles. The van der Waals surface area contributed by atoms with Gasteiger partial charge in [-0.3, -0.25) is 0 Å². The largest absolute Gasteiger partial charge is 0.423 e. The molecule has 0 aromatic heterocycles. The summed E-state index contributed by atoms with van der Waals surface area (Å²) in [5, 5.41) is 9.10. The zero-order chi connectivity index (χ0) is 16.9. The van der Waals surface area contributed by atoms with Gasteiger partial charge in [0.15, 0.2) is 0 Å². The van der Waals surface area contributed by atoms with E-state index in [9.17, 15) is 4.79 Å². The summed E-state index contributed by atoms with van der Waals surface area (Å²) >= 11 is 5.93. The third-order valence-corrected chi connectivity index (χ3v) is 3.81. The van der Waals surface area contributed by atoms with Crippen molar-refractivity contribution in [2.24, 2.45) is 0 Å². The number of carbonyl (C=O) groups excluding carboxylic acids is 1. The molecule has 0 aliphatic rings. The van der Waals surface area contributed by atoms with E-state index >= 15 is 0 Å². The molecule has 0 atom stereocenters. The molecule has 0 amide bonds. The summed E-state index contributed by atoms with van der Waals surface area (Å²) in [6.45, 7) is 0. The van der Waals surface area contributed by atoms with Gasteiger partial charge in [-0.25, -0.2) is 4.79 Å². The zero-order valence-electron chi connectivity index (χ0n) is 12.6. The van der Waals surface area contributed by atoms with E-state index in [0.717, 1.165) is 11.1 Å². The standard InChI is InChI=1S/C20H12ClNO2/c21-19-12-18(11-10-17(19)13-22)24-20(23)16-8-6-15(7-9-16)14-4-2-1-3-5-14/h1-12H. The van der Waals surface area contributed by atoms with Crippen molar-refractivity contribution in [2.75, 3.05) is 0 Å². The quantitative estimate of drug-likeness (QED) is 0.495. The van der Waals surface area contributed by atoms with Gasteiger partial charge in [0.2, 0.25) is 0 Å². The summed E-state index contributed by atoms with van der Waals surface area (Å²) in [5.74, 6) is -0.175. The fraction of sp³-hybridized carbons (Fsp3) is 0. The fourth-order valence-corrected chi connectivity index (χ4v) is 2.46. The first-order valence-electron chi connectivity index (χ1n) is 7.25. The second kappa shape index (κ2) is 6.99. The molecule has 0 radical (unpaired) electrons. The molecule has 4 heteroatoms. The maximum absolute atomic E-state index is 12.2. The molecule has 0 bridgehead atoms. The van der Waals surface area contributed by atoms with E-state index in [0.29, 0.717) is 16.9 Å². The number of rotatable bonds is 3. The van der Waals surface area contributed by atoms with E-state index in [1.54, 1.807) is 18.2 Å². The molecular formula is C20H12ClNO2. The van der Waals surface area contributed by atoms with E-state index in [-0.39, 0.29) is 5.02 Å². The van der Waals surface area contributed by atoms with E-state index in [1.807, 2.05) is 48.5 Å². The predicted molar refractivity (Wildman–Crippen MR) is 93.0 cm³/mol. The van der Waals surface area contributed by atoms with Crippen LogP contribution in [-0.4, -0.2) is 5.97 Å². The molecule has 3 nitrogen and oxygen atoms in total. The summed E-state index contributed by atoms with van der Waals surface area (Å²) in [5.41, 5.74) is 2.88. The van der Waals surface area contributed by atoms with E-state index in [1.165, 1.54) is 12.1 Å². The summed E-state index contributed by atoms with van der Waals surface area (Å²) in [7, 11) is 0. The van der Waals surface area contributed by atoms with E-state index in [2.05, 4.69) is 0 Å². The predicted octanol–water partition coefficient (Wildman–Crippen LogP) is 5.10. The van der Waals surface area contributed by atoms with Crippen LogP contribution >= 0.6 is 11.6 Å². The molecule has 0 spiro atoms. The SMILES string of the molecule is N#Cc1ccc(OC(=O)c2ccc(-c3ccccc3)cc2)cc1Cl. The minimum atomic E-state index is -0.476. The highest BCUT2D eigenvalue weighted by atomic mass is 35.5. The zero-order valence-corrected chi connectivity index (χ0v) is 13.3. The minimum absolute atomic E-state index is 0.252. The van der Waals surface area contributed by atoms with Crippen LogP contribution in [-0.2, 0) is 0 Å². The van der Waals surface area contributed by atoms with Gasteiger partial charge in [0.05, 0.1) is 16.1 Å². The summed E-state index contributed by atoms with van der Waals surface area (Å²) in [6, 6.07) is 23.6. The Morgan fingerprint density at radius 2 is 1.58 bits per heavy atom. The number of nitrogens with zero attached hydrogens (tertiary/aromatic N) is 1. The van der Waals surface area contributed by atoms with Crippen LogP contribution in [0.4, 0.5) is 0 Å². The highest BCUT2D eigenvalue weighted by Gasteiger charge is 2.10. The van der Waals surface area contributed by atoms with Crippen molar-refractivity contribution >= 4 is 17.6 Å². The van der Waals surface area contributed by atoms with Gasteiger partial charge in [-0.2, -0.15) is 5.26 Å². The van der Waals surface area contributed by atoms with Gasteiger partial charge >= 0.3 is 5.97 Å². The van der Waals surface area contributed by atoms with Gasteiger partial charge in [-0.05, 0) is 35.4 Å². The lowest BCUT2D eigenvalue weighted by molar-refractivity contribution is 0.0735. The number of carbonyl (C=O) groups is 1. The Hall–Kier alpha value is -3.09. The first kappa shape index (κ1) is 15.8. The Balaban J connectivity index is 1.76. The van der Waals surface area contributed by atoms with Crippen LogP contribution < -0.4 is 4.74 Å². The van der Waals surface area contributed by atoms with Crippen LogP contribution in [0.1, 0.15) is 15.9 Å². The highest BCUT2D eigenvalue weighted by molar-refractivity contribution is 6.31. The Bertz CT molecular complexity index is 913. The smallest absolute Gasteiger partial charge is 0.343 e. The first-order valence-corrected chi connectivity index (χ1v) is 7.62. The third kappa shape index (κ3) is 3.45. The Labute approximate surface area is 144 Å². The van der Waals surface area contributed by atoms with Gasteiger partial charge in [0.25, 0.3) is 0 Å². The van der Waals surface area contributed by atoms with Gasteiger partial charge in [-0.15, -0.1) is 0 Å². The topological polar surface area (TPSA) is 50.1 Å². The van der Waals surface area contributed by atoms with Crippen molar-refractivity contribution < 1.29 is 9.53 Å². The first-order chi connectivity index (χ1) is 11.7. The lowest BCUT2D eigenvalue weighted by Gasteiger charge is -2.06. The summed E-state index contributed by atoms with van der Waals surface area (Å²) in [6.07, 6.45) is 0. The van der Waals surface area contributed by atoms with Crippen LogP contribution in [0.15, 0.2) is 72.8 Å². The van der Waals surface area contributed by atoms with Gasteiger partial charge in [-0.1, -0.05) is 54.1 Å². The molecule has 116 valence electrons. The lowest BCUT2D eigenvalue weighted by atomic mass is 10.0. The van der Waals surface area contributed by atoms with Crippen LogP contribution in [0.5, 0.6) is 5.75 Å². The van der Waals surface area contributed by atoms with Gasteiger partial charge < -0.3 is 4.74 Å². The molecule has 0 saturated carbocycles. The van der Waals surface area contributed by atoms with E-state index < -0.39 is 5.97 Å². The second-order valence-electron chi connectivity index (χ2n) is 5.09.